The summed E-state index contributed by atoms with van der Waals surface area (Å²) in [6, 6.07) is 10.7. The number of hydrazine groups is 1. The van der Waals surface area contributed by atoms with Gasteiger partial charge in [0.05, 0.1) is 23.5 Å². The molecule has 0 aliphatic carbocycles. The summed E-state index contributed by atoms with van der Waals surface area (Å²) in [6.07, 6.45) is 0. The molecular weight excluding hydrogens is 444 g/mol. The standard InChI is InChI=1S/C22H22N6O6/c1-2-27-22(31)16-6-4-3-5-15(16)19(25-27)21(30)24-23-20(29)14-7-8-17(18(13-14)28(32)33)26-9-11-34-12-10-26/h3-8,13H,2,9-12H2,1H3,(H,23,29)(H,24,30). The van der Waals surface area contributed by atoms with Crippen molar-refractivity contribution in [1.29, 1.82) is 0 Å². The van der Waals surface area contributed by atoms with Crippen LogP contribution in [0.15, 0.2) is 47.3 Å². The Labute approximate surface area is 193 Å². The fourth-order valence-corrected chi connectivity index (χ4v) is 3.74. The third kappa shape index (κ3) is 4.43. The number of rotatable bonds is 5. The maximum Gasteiger partial charge on any atom is 0.293 e. The molecule has 0 bridgehead atoms. The molecule has 1 aromatic heterocycles. The number of ether oxygens (including phenoxy) is 1. The van der Waals surface area contributed by atoms with Crippen LogP contribution in [0, 0.1) is 10.1 Å². The summed E-state index contributed by atoms with van der Waals surface area (Å²) in [4.78, 5) is 50.7. The minimum Gasteiger partial charge on any atom is -0.378 e. The van der Waals surface area contributed by atoms with Gasteiger partial charge in [0.1, 0.15) is 5.69 Å². The second kappa shape index (κ2) is 9.67. The molecule has 2 aromatic carbocycles. The maximum atomic E-state index is 12.8. The van der Waals surface area contributed by atoms with E-state index in [1.165, 1.54) is 12.1 Å². The van der Waals surface area contributed by atoms with Gasteiger partial charge in [-0.15, -0.1) is 0 Å². The SMILES string of the molecule is CCn1nc(C(=O)NNC(=O)c2ccc(N3CCOCC3)c([N+](=O)[O-])c2)c2ccccc2c1=O. The van der Waals surface area contributed by atoms with Gasteiger partial charge in [-0.2, -0.15) is 5.10 Å². The van der Waals surface area contributed by atoms with E-state index in [1.54, 1.807) is 31.2 Å². The zero-order valence-electron chi connectivity index (χ0n) is 18.3. The smallest absolute Gasteiger partial charge is 0.293 e. The van der Waals surface area contributed by atoms with Gasteiger partial charge >= 0.3 is 0 Å². The number of fused-ring (bicyclic) bond motifs is 1. The first-order valence-electron chi connectivity index (χ1n) is 10.6. The Hall–Kier alpha value is -4.32. The van der Waals surface area contributed by atoms with Gasteiger partial charge in [0, 0.05) is 36.7 Å². The van der Waals surface area contributed by atoms with Crippen LogP contribution in [0.5, 0.6) is 0 Å². The zero-order valence-corrected chi connectivity index (χ0v) is 18.3. The zero-order chi connectivity index (χ0) is 24.2. The Morgan fingerprint density at radius 3 is 2.44 bits per heavy atom. The van der Waals surface area contributed by atoms with Crippen molar-refractivity contribution < 1.29 is 19.2 Å². The van der Waals surface area contributed by atoms with Gasteiger partial charge in [0.15, 0.2) is 5.69 Å². The fourth-order valence-electron chi connectivity index (χ4n) is 3.74. The monoisotopic (exact) mass is 466 g/mol. The second-order valence-corrected chi connectivity index (χ2v) is 7.48. The van der Waals surface area contributed by atoms with Crippen molar-refractivity contribution in [3.63, 3.8) is 0 Å². The van der Waals surface area contributed by atoms with Crippen LogP contribution >= 0.6 is 0 Å². The van der Waals surface area contributed by atoms with Crippen LogP contribution in [0.25, 0.3) is 10.8 Å². The minimum absolute atomic E-state index is 0.000329. The quantitative estimate of drug-likeness (QED) is 0.421. The van der Waals surface area contributed by atoms with Crippen molar-refractivity contribution >= 4 is 34.0 Å². The first-order valence-corrected chi connectivity index (χ1v) is 10.6. The predicted octanol–water partition coefficient (Wildman–Crippen LogP) is 1.24. The minimum atomic E-state index is -0.738. The fraction of sp³-hybridized carbons (Fsp3) is 0.273. The lowest BCUT2D eigenvalue weighted by Crippen LogP contribution is -2.43. The number of nitrogens with zero attached hydrogens (tertiary/aromatic N) is 4. The number of carbonyl (C=O) groups is 2. The van der Waals surface area contributed by atoms with Gasteiger partial charge in [0.2, 0.25) is 0 Å². The number of hydrogen-bond donors (Lipinski definition) is 2. The number of nitrogens with one attached hydrogen (secondary N) is 2. The van der Waals surface area contributed by atoms with E-state index in [-0.39, 0.29) is 29.0 Å². The van der Waals surface area contributed by atoms with Gasteiger partial charge in [0.25, 0.3) is 23.1 Å². The molecule has 12 nitrogen and oxygen atoms in total. The highest BCUT2D eigenvalue weighted by molar-refractivity contribution is 6.06. The lowest BCUT2D eigenvalue weighted by molar-refractivity contribution is -0.384. The lowest BCUT2D eigenvalue weighted by atomic mass is 10.1. The van der Waals surface area contributed by atoms with Crippen LogP contribution in [-0.4, -0.2) is 52.8 Å². The molecule has 1 fully saturated rings. The van der Waals surface area contributed by atoms with E-state index in [4.69, 9.17) is 4.74 Å². The summed E-state index contributed by atoms with van der Waals surface area (Å²) < 4.78 is 6.44. The molecule has 176 valence electrons. The third-order valence-corrected chi connectivity index (χ3v) is 5.46. The molecule has 3 aromatic rings. The second-order valence-electron chi connectivity index (χ2n) is 7.48. The van der Waals surface area contributed by atoms with E-state index in [1.807, 2.05) is 4.90 Å². The molecule has 0 saturated carbocycles. The van der Waals surface area contributed by atoms with Crippen LogP contribution in [0.3, 0.4) is 0 Å². The highest BCUT2D eigenvalue weighted by Crippen LogP contribution is 2.29. The number of benzene rings is 2. The topological polar surface area (TPSA) is 149 Å². The Morgan fingerprint density at radius 1 is 1.09 bits per heavy atom. The molecule has 1 aliphatic heterocycles. The summed E-state index contributed by atoms with van der Waals surface area (Å²) in [7, 11) is 0. The number of nitro benzene ring substituents is 1. The van der Waals surface area contributed by atoms with Crippen molar-refractivity contribution in [2.45, 2.75) is 13.5 Å². The molecule has 0 spiro atoms. The predicted molar refractivity (Wildman–Crippen MR) is 123 cm³/mol. The average molecular weight is 466 g/mol. The number of carbonyl (C=O) groups excluding carboxylic acids is 2. The number of aromatic nitrogens is 2. The van der Waals surface area contributed by atoms with Crippen LogP contribution in [-0.2, 0) is 11.3 Å². The largest absolute Gasteiger partial charge is 0.378 e. The summed E-state index contributed by atoms with van der Waals surface area (Å²) in [5.74, 6) is -1.47. The number of morpholine rings is 1. The van der Waals surface area contributed by atoms with Crippen molar-refractivity contribution in [3.8, 4) is 0 Å². The Kier molecular flexibility index (Phi) is 6.50. The molecular formula is C22H22N6O6. The molecule has 0 radical (unpaired) electrons. The normalized spacial score (nSPS) is 13.5. The molecule has 4 rings (SSSR count). The summed E-state index contributed by atoms with van der Waals surface area (Å²) in [5.41, 5.74) is 4.34. The Bertz CT molecular complexity index is 1330. The molecule has 1 aliphatic rings. The first kappa shape index (κ1) is 22.9. The molecule has 12 heteroatoms. The van der Waals surface area contributed by atoms with Gasteiger partial charge in [-0.05, 0) is 25.1 Å². The Balaban J connectivity index is 1.55. The summed E-state index contributed by atoms with van der Waals surface area (Å²) in [5, 5.41) is 16.4. The van der Waals surface area contributed by atoms with Crippen molar-refractivity contribution in [2.75, 3.05) is 31.2 Å². The van der Waals surface area contributed by atoms with E-state index in [0.717, 1.165) is 10.7 Å². The molecule has 0 atom stereocenters. The number of nitro groups is 1. The van der Waals surface area contributed by atoms with Gasteiger partial charge in [-0.3, -0.25) is 35.3 Å². The summed E-state index contributed by atoms with van der Waals surface area (Å²) >= 11 is 0. The molecule has 2 heterocycles. The van der Waals surface area contributed by atoms with Crippen LogP contribution in [0.1, 0.15) is 27.8 Å². The molecule has 2 amide bonds. The molecule has 2 N–H and O–H groups in total. The van der Waals surface area contributed by atoms with Crippen LogP contribution < -0.4 is 21.3 Å². The molecule has 1 saturated heterocycles. The third-order valence-electron chi connectivity index (χ3n) is 5.46. The van der Waals surface area contributed by atoms with Gasteiger partial charge in [-0.25, -0.2) is 4.68 Å². The van der Waals surface area contributed by atoms with Gasteiger partial charge in [-0.1, -0.05) is 18.2 Å². The summed E-state index contributed by atoms with van der Waals surface area (Å²) in [6.45, 7) is 3.90. The number of amides is 2. The van der Waals surface area contributed by atoms with Crippen LogP contribution in [0.4, 0.5) is 11.4 Å². The number of anilines is 1. The number of aryl methyl sites for hydroxylation is 1. The van der Waals surface area contributed by atoms with E-state index < -0.39 is 16.7 Å². The van der Waals surface area contributed by atoms with E-state index in [9.17, 15) is 24.5 Å². The maximum absolute atomic E-state index is 12.8. The van der Waals surface area contributed by atoms with E-state index in [2.05, 4.69) is 16.0 Å². The average Bonchev–Trinajstić information content (AvgIpc) is 2.87. The van der Waals surface area contributed by atoms with E-state index in [0.29, 0.717) is 42.8 Å². The number of hydrogen-bond acceptors (Lipinski definition) is 8. The van der Waals surface area contributed by atoms with Crippen LogP contribution in [0.2, 0.25) is 0 Å². The van der Waals surface area contributed by atoms with Gasteiger partial charge < -0.3 is 9.64 Å². The Morgan fingerprint density at radius 2 is 1.76 bits per heavy atom. The first-order chi connectivity index (χ1) is 16.4. The van der Waals surface area contributed by atoms with Crippen molar-refractivity contribution in [1.82, 2.24) is 20.6 Å². The highest BCUT2D eigenvalue weighted by Gasteiger charge is 2.24. The van der Waals surface area contributed by atoms with Crippen molar-refractivity contribution in [3.05, 3.63) is 74.2 Å². The molecule has 34 heavy (non-hydrogen) atoms. The van der Waals surface area contributed by atoms with E-state index >= 15 is 0 Å². The molecule has 0 unspecified atom stereocenters. The van der Waals surface area contributed by atoms with Crippen molar-refractivity contribution in [2.24, 2.45) is 0 Å². The highest BCUT2D eigenvalue weighted by atomic mass is 16.6. The lowest BCUT2D eigenvalue weighted by Gasteiger charge is -2.28.